The van der Waals surface area contributed by atoms with Crippen LogP contribution in [0.15, 0.2) is 0 Å². The SMILES string of the molecule is CC1c2c(N)n[nH]c2CN1C. The maximum Gasteiger partial charge on any atom is 0.150 e. The largest absolute Gasteiger partial charge is 0.382 e. The highest BCUT2D eigenvalue weighted by Crippen LogP contribution is 2.33. The van der Waals surface area contributed by atoms with Crippen molar-refractivity contribution in [3.05, 3.63) is 11.3 Å². The first-order valence-electron chi connectivity index (χ1n) is 3.73. The van der Waals surface area contributed by atoms with E-state index in [1.54, 1.807) is 0 Å². The summed E-state index contributed by atoms with van der Waals surface area (Å²) in [6, 6.07) is 0.406. The fraction of sp³-hybridized carbons (Fsp3) is 0.571. The highest BCUT2D eigenvalue weighted by molar-refractivity contribution is 5.46. The van der Waals surface area contributed by atoms with Crippen LogP contribution in [0.3, 0.4) is 0 Å². The molecule has 4 heteroatoms. The highest BCUT2D eigenvalue weighted by Gasteiger charge is 2.27. The number of nitrogens with zero attached hydrogens (tertiary/aromatic N) is 2. The van der Waals surface area contributed by atoms with Crippen LogP contribution in [-0.2, 0) is 6.54 Å². The minimum atomic E-state index is 0.406. The van der Waals surface area contributed by atoms with E-state index in [0.717, 1.165) is 12.2 Å². The van der Waals surface area contributed by atoms with Crippen molar-refractivity contribution in [2.24, 2.45) is 0 Å². The van der Waals surface area contributed by atoms with Gasteiger partial charge in [0.05, 0.1) is 5.69 Å². The van der Waals surface area contributed by atoms with E-state index in [9.17, 15) is 0 Å². The van der Waals surface area contributed by atoms with Crippen molar-refractivity contribution in [1.82, 2.24) is 15.1 Å². The first-order chi connectivity index (χ1) is 5.20. The van der Waals surface area contributed by atoms with Crippen LogP contribution < -0.4 is 5.73 Å². The van der Waals surface area contributed by atoms with Gasteiger partial charge in [-0.2, -0.15) is 5.10 Å². The van der Waals surface area contributed by atoms with Crippen LogP contribution in [0.2, 0.25) is 0 Å². The fourth-order valence-corrected chi connectivity index (χ4v) is 1.60. The van der Waals surface area contributed by atoms with Crippen molar-refractivity contribution in [2.45, 2.75) is 19.5 Å². The van der Waals surface area contributed by atoms with Gasteiger partial charge in [-0.3, -0.25) is 10.00 Å². The van der Waals surface area contributed by atoms with Gasteiger partial charge in [0.25, 0.3) is 0 Å². The Bertz CT molecular complexity index is 278. The topological polar surface area (TPSA) is 57.9 Å². The summed E-state index contributed by atoms with van der Waals surface area (Å²) in [4.78, 5) is 2.24. The molecule has 2 heterocycles. The first kappa shape index (κ1) is 6.67. The van der Waals surface area contributed by atoms with Crippen LogP contribution in [0, 0.1) is 0 Å². The van der Waals surface area contributed by atoms with Gasteiger partial charge < -0.3 is 5.73 Å². The van der Waals surface area contributed by atoms with Crippen LogP contribution >= 0.6 is 0 Å². The van der Waals surface area contributed by atoms with Gasteiger partial charge in [-0.25, -0.2) is 0 Å². The molecule has 1 atom stereocenters. The lowest BCUT2D eigenvalue weighted by Gasteiger charge is -2.14. The summed E-state index contributed by atoms with van der Waals surface area (Å²) >= 11 is 0. The van der Waals surface area contributed by atoms with Gasteiger partial charge in [0.2, 0.25) is 0 Å². The minimum absolute atomic E-state index is 0.406. The zero-order valence-corrected chi connectivity index (χ0v) is 6.76. The Morgan fingerprint density at radius 2 is 2.45 bits per heavy atom. The summed E-state index contributed by atoms with van der Waals surface area (Å²) in [6.45, 7) is 3.07. The molecule has 0 radical (unpaired) electrons. The van der Waals surface area contributed by atoms with Crippen molar-refractivity contribution in [3.8, 4) is 0 Å². The number of H-pyrrole nitrogens is 1. The quantitative estimate of drug-likeness (QED) is 0.569. The van der Waals surface area contributed by atoms with Gasteiger partial charge in [0.1, 0.15) is 5.82 Å². The molecule has 1 aliphatic rings. The van der Waals surface area contributed by atoms with Gasteiger partial charge in [-0.05, 0) is 14.0 Å². The third-order valence-corrected chi connectivity index (χ3v) is 2.40. The summed E-state index contributed by atoms with van der Waals surface area (Å²) < 4.78 is 0. The molecule has 60 valence electrons. The number of nitrogens with two attached hydrogens (primary N) is 1. The monoisotopic (exact) mass is 152 g/mol. The molecule has 0 spiro atoms. The van der Waals surface area contributed by atoms with E-state index in [1.165, 1.54) is 5.56 Å². The van der Waals surface area contributed by atoms with Gasteiger partial charge in [-0.15, -0.1) is 0 Å². The number of aromatic amines is 1. The number of fused-ring (bicyclic) bond motifs is 1. The van der Waals surface area contributed by atoms with E-state index in [4.69, 9.17) is 5.73 Å². The second-order valence-electron chi connectivity index (χ2n) is 3.09. The Morgan fingerprint density at radius 3 is 3.09 bits per heavy atom. The third kappa shape index (κ3) is 0.758. The summed E-state index contributed by atoms with van der Waals surface area (Å²) in [6.07, 6.45) is 0. The van der Waals surface area contributed by atoms with Crippen molar-refractivity contribution in [2.75, 3.05) is 12.8 Å². The summed E-state index contributed by atoms with van der Waals surface area (Å²) in [5, 5.41) is 6.88. The average Bonchev–Trinajstić information content (AvgIpc) is 2.41. The molecule has 1 aromatic heterocycles. The number of anilines is 1. The normalized spacial score (nSPS) is 24.0. The predicted octanol–water partition coefficient (Wildman–Crippen LogP) is 0.498. The predicted molar refractivity (Wildman–Crippen MR) is 42.9 cm³/mol. The first-order valence-corrected chi connectivity index (χ1v) is 3.73. The molecule has 0 aliphatic carbocycles. The Morgan fingerprint density at radius 1 is 1.73 bits per heavy atom. The van der Waals surface area contributed by atoms with Crippen LogP contribution in [0.1, 0.15) is 24.2 Å². The molecule has 1 aromatic rings. The van der Waals surface area contributed by atoms with Gasteiger partial charge in [0.15, 0.2) is 0 Å². The number of rotatable bonds is 0. The number of hydrogen-bond donors (Lipinski definition) is 2. The molecule has 2 rings (SSSR count). The average molecular weight is 152 g/mol. The molecule has 0 amide bonds. The molecule has 11 heavy (non-hydrogen) atoms. The summed E-state index contributed by atoms with van der Waals surface area (Å²) in [5.41, 5.74) is 8.01. The zero-order valence-electron chi connectivity index (χ0n) is 6.76. The smallest absolute Gasteiger partial charge is 0.150 e. The second-order valence-corrected chi connectivity index (χ2v) is 3.09. The van der Waals surface area contributed by atoms with Crippen molar-refractivity contribution < 1.29 is 0 Å². The van der Waals surface area contributed by atoms with Crippen molar-refractivity contribution in [3.63, 3.8) is 0 Å². The van der Waals surface area contributed by atoms with Crippen LogP contribution in [-0.4, -0.2) is 22.1 Å². The van der Waals surface area contributed by atoms with E-state index >= 15 is 0 Å². The Hall–Kier alpha value is -1.03. The molecule has 0 fully saturated rings. The van der Waals surface area contributed by atoms with E-state index < -0.39 is 0 Å². The molecule has 3 N–H and O–H groups in total. The second kappa shape index (κ2) is 1.98. The maximum atomic E-state index is 5.68. The number of hydrogen-bond acceptors (Lipinski definition) is 3. The number of nitrogen functional groups attached to an aromatic ring is 1. The van der Waals surface area contributed by atoms with E-state index in [0.29, 0.717) is 11.9 Å². The molecule has 0 saturated carbocycles. The number of nitrogens with one attached hydrogen (secondary N) is 1. The summed E-state index contributed by atoms with van der Waals surface area (Å²) in [7, 11) is 2.08. The Kier molecular flexibility index (Phi) is 1.20. The Labute approximate surface area is 65.4 Å². The van der Waals surface area contributed by atoms with E-state index in [-0.39, 0.29) is 0 Å². The lowest BCUT2D eigenvalue weighted by molar-refractivity contribution is 0.283. The van der Waals surface area contributed by atoms with Gasteiger partial charge in [-0.1, -0.05) is 0 Å². The Balaban J connectivity index is 2.49. The molecule has 1 unspecified atom stereocenters. The van der Waals surface area contributed by atoms with Crippen LogP contribution in [0.5, 0.6) is 0 Å². The van der Waals surface area contributed by atoms with Crippen LogP contribution in [0.4, 0.5) is 5.82 Å². The van der Waals surface area contributed by atoms with E-state index in [2.05, 4.69) is 29.1 Å². The highest BCUT2D eigenvalue weighted by atomic mass is 15.2. The minimum Gasteiger partial charge on any atom is -0.382 e. The van der Waals surface area contributed by atoms with Crippen molar-refractivity contribution in [1.29, 1.82) is 0 Å². The van der Waals surface area contributed by atoms with Crippen molar-refractivity contribution >= 4 is 5.82 Å². The van der Waals surface area contributed by atoms with E-state index in [1.807, 2.05) is 0 Å². The molecular weight excluding hydrogens is 140 g/mol. The molecule has 0 aromatic carbocycles. The summed E-state index contributed by atoms with van der Waals surface area (Å²) in [5.74, 6) is 0.650. The molecule has 4 nitrogen and oxygen atoms in total. The zero-order chi connectivity index (χ0) is 8.01. The standard InChI is InChI=1S/C7H12N4/c1-4-6-5(3-11(4)2)9-10-7(6)8/h4H,3H2,1-2H3,(H3,8,9,10). The molecule has 1 aliphatic heterocycles. The number of aromatic nitrogens is 2. The molecule has 0 bridgehead atoms. The van der Waals surface area contributed by atoms with Gasteiger partial charge in [0, 0.05) is 18.2 Å². The lowest BCUT2D eigenvalue weighted by Crippen LogP contribution is -2.14. The van der Waals surface area contributed by atoms with Gasteiger partial charge >= 0.3 is 0 Å². The van der Waals surface area contributed by atoms with Crippen LogP contribution in [0.25, 0.3) is 0 Å². The third-order valence-electron chi connectivity index (χ3n) is 2.40. The maximum absolute atomic E-state index is 5.68. The lowest BCUT2D eigenvalue weighted by atomic mass is 10.2. The fourth-order valence-electron chi connectivity index (χ4n) is 1.60. The molecular formula is C7H12N4. The molecule has 0 saturated heterocycles.